The van der Waals surface area contributed by atoms with Crippen molar-refractivity contribution in [2.45, 2.75) is 40.7 Å². The Kier molecular flexibility index (Phi) is 3.33. The zero-order valence-electron chi connectivity index (χ0n) is 9.59. The number of aliphatic hydroxyl groups is 1. The second kappa shape index (κ2) is 4.14. The largest absolute Gasteiger partial charge is 0.392 e. The van der Waals surface area contributed by atoms with E-state index in [0.29, 0.717) is 5.41 Å². The fourth-order valence-electron chi connectivity index (χ4n) is 1.62. The molecule has 0 bridgehead atoms. The van der Waals surface area contributed by atoms with Crippen molar-refractivity contribution in [2.24, 2.45) is 5.41 Å². The highest BCUT2D eigenvalue weighted by molar-refractivity contribution is 5.31. The van der Waals surface area contributed by atoms with E-state index >= 15 is 0 Å². The van der Waals surface area contributed by atoms with E-state index in [1.54, 1.807) is 0 Å². The minimum Gasteiger partial charge on any atom is -0.392 e. The van der Waals surface area contributed by atoms with E-state index in [4.69, 9.17) is 5.11 Å². The Morgan fingerprint density at radius 2 is 1.86 bits per heavy atom. The van der Waals surface area contributed by atoms with Crippen LogP contribution in [0.5, 0.6) is 0 Å². The topological polar surface area (TPSA) is 20.2 Å². The van der Waals surface area contributed by atoms with E-state index in [-0.39, 0.29) is 6.61 Å². The summed E-state index contributed by atoms with van der Waals surface area (Å²) in [7, 11) is 0. The fraction of sp³-hybridized carbons (Fsp3) is 0.538. The average Bonchev–Trinajstić information content (AvgIpc) is 2.06. The van der Waals surface area contributed by atoms with Crippen LogP contribution in [0.3, 0.4) is 0 Å². The third-order valence-corrected chi connectivity index (χ3v) is 2.32. The van der Waals surface area contributed by atoms with Crippen molar-refractivity contribution in [1.29, 1.82) is 0 Å². The van der Waals surface area contributed by atoms with Crippen LogP contribution in [0.1, 0.15) is 37.5 Å². The Hall–Kier alpha value is -0.820. The minimum atomic E-state index is 0.143. The normalized spacial score (nSPS) is 11.8. The molecule has 1 aromatic rings. The monoisotopic (exact) mass is 192 g/mol. The van der Waals surface area contributed by atoms with Gasteiger partial charge in [0.2, 0.25) is 0 Å². The number of hydrogen-bond acceptors (Lipinski definition) is 1. The van der Waals surface area contributed by atoms with Crippen LogP contribution in [-0.2, 0) is 13.0 Å². The van der Waals surface area contributed by atoms with Crippen molar-refractivity contribution < 1.29 is 5.11 Å². The zero-order valence-corrected chi connectivity index (χ0v) is 9.59. The van der Waals surface area contributed by atoms with Gasteiger partial charge in [0, 0.05) is 0 Å². The van der Waals surface area contributed by atoms with Crippen LogP contribution in [-0.4, -0.2) is 5.11 Å². The summed E-state index contributed by atoms with van der Waals surface area (Å²) in [5.74, 6) is 0. The molecule has 1 aromatic carbocycles. The van der Waals surface area contributed by atoms with E-state index in [1.165, 1.54) is 11.1 Å². The summed E-state index contributed by atoms with van der Waals surface area (Å²) < 4.78 is 0. The Labute approximate surface area is 86.8 Å². The van der Waals surface area contributed by atoms with Crippen molar-refractivity contribution in [3.8, 4) is 0 Å². The maximum absolute atomic E-state index is 9.14. The molecule has 1 nitrogen and oxygen atoms in total. The summed E-state index contributed by atoms with van der Waals surface area (Å²) in [6.45, 7) is 8.86. The Morgan fingerprint density at radius 1 is 1.21 bits per heavy atom. The molecule has 1 N–H and O–H groups in total. The summed E-state index contributed by atoms with van der Waals surface area (Å²) >= 11 is 0. The molecule has 1 heteroatoms. The summed E-state index contributed by atoms with van der Waals surface area (Å²) in [6, 6.07) is 6.35. The van der Waals surface area contributed by atoms with Crippen LogP contribution in [0, 0.1) is 12.3 Å². The van der Waals surface area contributed by atoms with E-state index in [2.05, 4.69) is 39.0 Å². The van der Waals surface area contributed by atoms with Crippen LogP contribution < -0.4 is 0 Å². The zero-order chi connectivity index (χ0) is 10.8. The van der Waals surface area contributed by atoms with E-state index < -0.39 is 0 Å². The van der Waals surface area contributed by atoms with Gasteiger partial charge in [-0.2, -0.15) is 0 Å². The molecule has 0 unspecified atom stereocenters. The maximum atomic E-state index is 9.14. The Bertz CT molecular complexity index is 308. The van der Waals surface area contributed by atoms with Crippen LogP contribution >= 0.6 is 0 Å². The summed E-state index contributed by atoms with van der Waals surface area (Å²) in [5.41, 5.74) is 3.84. The van der Waals surface area contributed by atoms with Gasteiger partial charge in [0.15, 0.2) is 0 Å². The molecule has 0 aliphatic rings. The van der Waals surface area contributed by atoms with Gasteiger partial charge in [0.25, 0.3) is 0 Å². The molecule has 0 aromatic heterocycles. The SMILES string of the molecule is Cc1ccc(CC(C)(C)C)cc1CO. The van der Waals surface area contributed by atoms with Crippen molar-refractivity contribution in [3.05, 3.63) is 34.9 Å². The molecule has 0 atom stereocenters. The van der Waals surface area contributed by atoms with Gasteiger partial charge in [0.05, 0.1) is 6.61 Å². The Balaban J connectivity index is 2.90. The summed E-state index contributed by atoms with van der Waals surface area (Å²) in [4.78, 5) is 0. The minimum absolute atomic E-state index is 0.143. The highest BCUT2D eigenvalue weighted by Crippen LogP contribution is 2.22. The number of rotatable bonds is 2. The predicted octanol–water partition coefficient (Wildman–Crippen LogP) is 3.08. The van der Waals surface area contributed by atoms with Crippen molar-refractivity contribution in [1.82, 2.24) is 0 Å². The maximum Gasteiger partial charge on any atom is 0.0684 e. The first kappa shape index (κ1) is 11.3. The van der Waals surface area contributed by atoms with Gasteiger partial charge in [0.1, 0.15) is 0 Å². The second-order valence-corrected chi connectivity index (χ2v) is 5.16. The van der Waals surface area contributed by atoms with Gasteiger partial charge in [-0.25, -0.2) is 0 Å². The van der Waals surface area contributed by atoms with Crippen molar-refractivity contribution in [2.75, 3.05) is 0 Å². The molecule has 78 valence electrons. The molecule has 14 heavy (non-hydrogen) atoms. The van der Waals surface area contributed by atoms with Crippen LogP contribution in [0.4, 0.5) is 0 Å². The van der Waals surface area contributed by atoms with E-state index in [9.17, 15) is 0 Å². The number of hydrogen-bond donors (Lipinski definition) is 1. The van der Waals surface area contributed by atoms with Crippen LogP contribution in [0.15, 0.2) is 18.2 Å². The molecule has 0 spiro atoms. The molecule has 0 fully saturated rings. The van der Waals surface area contributed by atoms with Crippen molar-refractivity contribution >= 4 is 0 Å². The molecular formula is C13H20O. The van der Waals surface area contributed by atoms with Crippen LogP contribution in [0.25, 0.3) is 0 Å². The van der Waals surface area contributed by atoms with Gasteiger partial charge < -0.3 is 5.11 Å². The summed E-state index contributed by atoms with van der Waals surface area (Å²) in [6.07, 6.45) is 1.06. The predicted molar refractivity (Wildman–Crippen MR) is 60.3 cm³/mol. The van der Waals surface area contributed by atoms with Gasteiger partial charge in [-0.05, 0) is 35.4 Å². The summed E-state index contributed by atoms with van der Waals surface area (Å²) in [5, 5.41) is 9.14. The molecule has 0 saturated carbocycles. The third-order valence-electron chi connectivity index (χ3n) is 2.32. The lowest BCUT2D eigenvalue weighted by Crippen LogP contribution is -2.09. The highest BCUT2D eigenvalue weighted by Gasteiger charge is 2.11. The van der Waals surface area contributed by atoms with Gasteiger partial charge in [-0.1, -0.05) is 39.0 Å². The van der Waals surface area contributed by atoms with E-state index in [0.717, 1.165) is 12.0 Å². The number of aliphatic hydroxyl groups excluding tert-OH is 1. The molecule has 0 aliphatic heterocycles. The average molecular weight is 192 g/mol. The lowest BCUT2D eigenvalue weighted by atomic mass is 9.87. The van der Waals surface area contributed by atoms with Gasteiger partial charge >= 0.3 is 0 Å². The fourth-order valence-corrected chi connectivity index (χ4v) is 1.62. The smallest absolute Gasteiger partial charge is 0.0684 e. The number of benzene rings is 1. The lowest BCUT2D eigenvalue weighted by molar-refractivity contribution is 0.280. The second-order valence-electron chi connectivity index (χ2n) is 5.16. The number of aryl methyl sites for hydroxylation is 1. The molecular weight excluding hydrogens is 172 g/mol. The molecule has 0 amide bonds. The van der Waals surface area contributed by atoms with E-state index in [1.807, 2.05) is 6.92 Å². The first-order chi connectivity index (χ1) is 6.42. The molecule has 0 radical (unpaired) electrons. The molecule has 0 heterocycles. The van der Waals surface area contributed by atoms with Crippen molar-refractivity contribution in [3.63, 3.8) is 0 Å². The quantitative estimate of drug-likeness (QED) is 0.763. The van der Waals surface area contributed by atoms with Gasteiger partial charge in [-0.15, -0.1) is 0 Å². The first-order valence-corrected chi connectivity index (χ1v) is 5.11. The van der Waals surface area contributed by atoms with Crippen LogP contribution in [0.2, 0.25) is 0 Å². The lowest BCUT2D eigenvalue weighted by Gasteiger charge is -2.18. The van der Waals surface area contributed by atoms with Gasteiger partial charge in [-0.3, -0.25) is 0 Å². The Morgan fingerprint density at radius 3 is 2.36 bits per heavy atom. The molecule has 0 aliphatic carbocycles. The first-order valence-electron chi connectivity index (χ1n) is 5.11. The highest BCUT2D eigenvalue weighted by atomic mass is 16.3. The molecule has 1 rings (SSSR count). The molecule has 0 saturated heterocycles. The standard InChI is InChI=1S/C13H20O/c1-10-5-6-11(7-12(10)9-14)8-13(2,3)4/h5-7,14H,8-9H2,1-4H3. The third kappa shape index (κ3) is 3.15.